The number of benzene rings is 2. The predicted octanol–water partition coefficient (Wildman–Crippen LogP) is 5.86. The van der Waals surface area contributed by atoms with Crippen LogP contribution in [0.3, 0.4) is 0 Å². The molecule has 3 aromatic rings. The van der Waals surface area contributed by atoms with Crippen LogP contribution in [0, 0.1) is 12.8 Å². The first kappa shape index (κ1) is 22.1. The highest BCUT2D eigenvalue weighted by molar-refractivity contribution is 6.44. The van der Waals surface area contributed by atoms with Gasteiger partial charge in [0.25, 0.3) is 0 Å². The molecule has 1 unspecified atom stereocenters. The van der Waals surface area contributed by atoms with E-state index in [1.165, 1.54) is 11.6 Å². The number of nitrogens with zero attached hydrogens (tertiary/aromatic N) is 3. The number of carbonyl (C=O) groups is 1. The summed E-state index contributed by atoms with van der Waals surface area (Å²) in [6.45, 7) is 3.98. The molecule has 1 amide bonds. The summed E-state index contributed by atoms with van der Waals surface area (Å²) in [5.41, 5.74) is 2.54. The average Bonchev–Trinajstić information content (AvgIpc) is 3.21. The lowest BCUT2D eigenvalue weighted by Crippen LogP contribution is -2.40. The molecule has 9 heteroatoms. The maximum atomic E-state index is 12.8. The lowest BCUT2D eigenvalue weighted by Gasteiger charge is -2.31. The van der Waals surface area contributed by atoms with Crippen LogP contribution < -0.4 is 5.32 Å². The summed E-state index contributed by atoms with van der Waals surface area (Å²) in [5, 5.41) is 7.99. The molecule has 0 radical (unpaired) electrons. The van der Waals surface area contributed by atoms with Crippen molar-refractivity contribution in [2.24, 2.45) is 5.92 Å². The Morgan fingerprint density at radius 1 is 1.16 bits per heavy atom. The van der Waals surface area contributed by atoms with Gasteiger partial charge < -0.3 is 9.84 Å². The quantitative estimate of drug-likeness (QED) is 0.464. The summed E-state index contributed by atoms with van der Waals surface area (Å²) in [7, 11) is 0. The van der Waals surface area contributed by atoms with E-state index in [0.29, 0.717) is 45.6 Å². The third-order valence-corrected chi connectivity index (χ3v) is 6.32. The fourth-order valence-electron chi connectivity index (χ4n) is 3.60. The Labute approximate surface area is 195 Å². The second kappa shape index (κ2) is 9.57. The zero-order chi connectivity index (χ0) is 22.0. The van der Waals surface area contributed by atoms with Crippen molar-refractivity contribution < 1.29 is 9.32 Å². The number of carbonyl (C=O) groups excluding carboxylic acids is 1. The molecule has 31 heavy (non-hydrogen) atoms. The summed E-state index contributed by atoms with van der Waals surface area (Å²) < 4.78 is 5.44. The molecule has 4 rings (SSSR count). The molecule has 1 atom stereocenters. The SMILES string of the molecule is Cc1ccc(-c2noc(CN3CCCC(C(=O)Nc4cc(Cl)c(Cl)cc4Cl)C3)n2)cc1. The third kappa shape index (κ3) is 5.39. The van der Waals surface area contributed by atoms with Gasteiger partial charge in [0.2, 0.25) is 17.6 Å². The Balaban J connectivity index is 1.38. The van der Waals surface area contributed by atoms with Crippen molar-refractivity contribution in [3.63, 3.8) is 0 Å². The Bertz CT molecular complexity index is 1080. The molecular weight excluding hydrogens is 459 g/mol. The van der Waals surface area contributed by atoms with Gasteiger partial charge in [-0.1, -0.05) is 69.8 Å². The van der Waals surface area contributed by atoms with E-state index in [1.54, 1.807) is 6.07 Å². The molecule has 2 heterocycles. The van der Waals surface area contributed by atoms with Crippen LogP contribution in [-0.2, 0) is 11.3 Å². The van der Waals surface area contributed by atoms with E-state index in [9.17, 15) is 4.79 Å². The zero-order valence-electron chi connectivity index (χ0n) is 16.9. The minimum Gasteiger partial charge on any atom is -0.338 e. The number of anilines is 1. The summed E-state index contributed by atoms with van der Waals surface area (Å²) >= 11 is 18.2. The molecular formula is C22H21Cl3N4O2. The number of piperidine rings is 1. The number of nitrogens with one attached hydrogen (secondary N) is 1. The lowest BCUT2D eigenvalue weighted by molar-refractivity contribution is -0.121. The average molecular weight is 480 g/mol. The van der Waals surface area contributed by atoms with Crippen LogP contribution in [0.1, 0.15) is 24.3 Å². The Hall–Kier alpha value is -2.12. The minimum absolute atomic E-state index is 0.101. The number of rotatable bonds is 5. The van der Waals surface area contributed by atoms with Crippen molar-refractivity contribution in [2.75, 3.05) is 18.4 Å². The lowest BCUT2D eigenvalue weighted by atomic mass is 9.97. The highest BCUT2D eigenvalue weighted by Crippen LogP contribution is 2.33. The molecule has 2 aromatic carbocycles. The van der Waals surface area contributed by atoms with Crippen LogP contribution in [-0.4, -0.2) is 34.0 Å². The second-order valence-electron chi connectivity index (χ2n) is 7.69. The maximum absolute atomic E-state index is 12.8. The molecule has 0 aliphatic carbocycles. The van der Waals surface area contributed by atoms with Gasteiger partial charge in [-0.25, -0.2) is 0 Å². The van der Waals surface area contributed by atoms with Crippen LogP contribution in [0.15, 0.2) is 40.9 Å². The standard InChI is InChI=1S/C22H21Cl3N4O2/c1-13-4-6-14(7-5-13)21-27-20(31-28-21)12-29-8-2-3-15(11-29)22(30)26-19-10-17(24)16(23)9-18(19)25/h4-7,9-10,15H,2-3,8,11-12H2,1H3,(H,26,30). The van der Waals surface area contributed by atoms with Crippen LogP contribution in [0.2, 0.25) is 15.1 Å². The summed E-state index contributed by atoms with van der Waals surface area (Å²) in [6.07, 6.45) is 1.69. The fourth-order valence-corrected chi connectivity index (χ4v) is 4.19. The molecule has 6 nitrogen and oxygen atoms in total. The topological polar surface area (TPSA) is 71.3 Å². The first-order valence-corrected chi connectivity index (χ1v) is 11.1. The molecule has 1 N–H and O–H groups in total. The second-order valence-corrected chi connectivity index (χ2v) is 8.91. The number of hydrogen-bond acceptors (Lipinski definition) is 5. The summed E-state index contributed by atoms with van der Waals surface area (Å²) in [6, 6.07) is 11.1. The smallest absolute Gasteiger partial charge is 0.241 e. The van der Waals surface area contributed by atoms with Crippen molar-refractivity contribution in [3.8, 4) is 11.4 Å². The zero-order valence-corrected chi connectivity index (χ0v) is 19.1. The molecule has 1 saturated heterocycles. The fraction of sp³-hybridized carbons (Fsp3) is 0.318. The Morgan fingerprint density at radius 3 is 2.68 bits per heavy atom. The van der Waals surface area contributed by atoms with Crippen LogP contribution in [0.4, 0.5) is 5.69 Å². The predicted molar refractivity (Wildman–Crippen MR) is 123 cm³/mol. The first-order chi connectivity index (χ1) is 14.9. The monoisotopic (exact) mass is 478 g/mol. The molecule has 162 valence electrons. The van der Waals surface area contributed by atoms with E-state index in [4.69, 9.17) is 39.3 Å². The Morgan fingerprint density at radius 2 is 1.90 bits per heavy atom. The van der Waals surface area contributed by atoms with Crippen LogP contribution in [0.5, 0.6) is 0 Å². The van der Waals surface area contributed by atoms with Crippen molar-refractivity contribution in [1.29, 1.82) is 0 Å². The van der Waals surface area contributed by atoms with Gasteiger partial charge in [0.1, 0.15) is 0 Å². The molecule has 1 fully saturated rings. The van der Waals surface area contributed by atoms with E-state index in [2.05, 4.69) is 20.4 Å². The third-order valence-electron chi connectivity index (χ3n) is 5.28. The largest absolute Gasteiger partial charge is 0.338 e. The van der Waals surface area contributed by atoms with E-state index < -0.39 is 0 Å². The molecule has 1 aliphatic rings. The van der Waals surface area contributed by atoms with Gasteiger partial charge in [0.05, 0.1) is 33.2 Å². The van der Waals surface area contributed by atoms with Gasteiger partial charge >= 0.3 is 0 Å². The van der Waals surface area contributed by atoms with E-state index >= 15 is 0 Å². The van der Waals surface area contributed by atoms with E-state index in [0.717, 1.165) is 24.9 Å². The van der Waals surface area contributed by atoms with Crippen molar-refractivity contribution >= 4 is 46.4 Å². The van der Waals surface area contributed by atoms with Gasteiger partial charge in [-0.15, -0.1) is 0 Å². The van der Waals surface area contributed by atoms with E-state index in [1.807, 2.05) is 31.2 Å². The van der Waals surface area contributed by atoms with Gasteiger partial charge in [0, 0.05) is 12.1 Å². The van der Waals surface area contributed by atoms with E-state index in [-0.39, 0.29) is 11.8 Å². The number of amides is 1. The van der Waals surface area contributed by atoms with Gasteiger partial charge in [-0.05, 0) is 38.4 Å². The van der Waals surface area contributed by atoms with Crippen molar-refractivity contribution in [2.45, 2.75) is 26.3 Å². The molecule has 0 spiro atoms. The number of hydrogen-bond donors (Lipinski definition) is 1. The number of likely N-dealkylation sites (tertiary alicyclic amines) is 1. The van der Waals surface area contributed by atoms with Gasteiger partial charge in [-0.2, -0.15) is 4.98 Å². The van der Waals surface area contributed by atoms with Crippen molar-refractivity contribution in [1.82, 2.24) is 15.0 Å². The summed E-state index contributed by atoms with van der Waals surface area (Å²) in [5.74, 6) is 0.814. The first-order valence-electron chi connectivity index (χ1n) is 9.96. The van der Waals surface area contributed by atoms with Crippen molar-refractivity contribution in [3.05, 3.63) is 62.9 Å². The summed E-state index contributed by atoms with van der Waals surface area (Å²) in [4.78, 5) is 19.5. The highest BCUT2D eigenvalue weighted by atomic mass is 35.5. The van der Waals surface area contributed by atoms with Crippen LogP contribution >= 0.6 is 34.8 Å². The number of aromatic nitrogens is 2. The van der Waals surface area contributed by atoms with Crippen LogP contribution in [0.25, 0.3) is 11.4 Å². The van der Waals surface area contributed by atoms with Gasteiger partial charge in [-0.3, -0.25) is 9.69 Å². The molecule has 0 saturated carbocycles. The maximum Gasteiger partial charge on any atom is 0.241 e. The Kier molecular flexibility index (Phi) is 6.82. The number of aryl methyl sites for hydroxylation is 1. The minimum atomic E-state index is -0.182. The number of halogens is 3. The molecule has 1 aliphatic heterocycles. The molecule has 0 bridgehead atoms. The van der Waals surface area contributed by atoms with Gasteiger partial charge in [0.15, 0.2) is 0 Å². The highest BCUT2D eigenvalue weighted by Gasteiger charge is 2.27. The normalized spacial score (nSPS) is 17.0. The molecule has 1 aromatic heterocycles.